The molecule has 0 fully saturated rings. The van der Waals surface area contributed by atoms with E-state index in [1.807, 2.05) is 65.8 Å². The van der Waals surface area contributed by atoms with Crippen molar-refractivity contribution in [2.24, 2.45) is 11.5 Å². The minimum Gasteiger partial charge on any atom is -0.397 e. The molecule has 3 rings (SSSR count). The molecule has 0 aromatic heterocycles. The van der Waals surface area contributed by atoms with E-state index in [-0.39, 0.29) is 5.91 Å². The van der Waals surface area contributed by atoms with Gasteiger partial charge in [0.15, 0.2) is 0 Å². The van der Waals surface area contributed by atoms with Crippen LogP contribution in [0, 0.1) is 0 Å². The summed E-state index contributed by atoms with van der Waals surface area (Å²) in [6.07, 6.45) is 0. The highest BCUT2D eigenvalue weighted by Crippen LogP contribution is 2.29. The molecule has 1 aliphatic rings. The molecule has 0 spiro atoms. The van der Waals surface area contributed by atoms with Crippen LogP contribution in [-0.2, 0) is 0 Å². The first-order valence-electron chi connectivity index (χ1n) is 8.94. The molecule has 1 aliphatic heterocycles. The Bertz CT molecular complexity index is 706. The van der Waals surface area contributed by atoms with Crippen LogP contribution in [0.5, 0.6) is 0 Å². The molecule has 2 aromatic carbocycles. The number of carbonyl (C=O) groups excluding carboxylic acids is 1. The second-order valence-electron chi connectivity index (χ2n) is 4.37. The van der Waals surface area contributed by atoms with E-state index in [2.05, 4.69) is 5.32 Å². The summed E-state index contributed by atoms with van der Waals surface area (Å²) in [5.41, 5.74) is 15.7. The van der Waals surface area contributed by atoms with E-state index in [4.69, 9.17) is 11.5 Å². The number of carbonyl (C=O) groups is 1. The van der Waals surface area contributed by atoms with Crippen LogP contribution in [-0.4, -0.2) is 5.91 Å². The maximum absolute atomic E-state index is 12.2. The van der Waals surface area contributed by atoms with E-state index in [1.165, 1.54) is 0 Å². The van der Waals surface area contributed by atoms with Gasteiger partial charge in [0, 0.05) is 16.7 Å². The van der Waals surface area contributed by atoms with E-state index >= 15 is 0 Å². The van der Waals surface area contributed by atoms with Gasteiger partial charge in [-0.1, -0.05) is 77.9 Å². The molecule has 0 saturated carbocycles. The third-order valence-electron chi connectivity index (χ3n) is 3.22. The van der Waals surface area contributed by atoms with Gasteiger partial charge in [-0.15, -0.1) is 0 Å². The fourth-order valence-corrected chi connectivity index (χ4v) is 2.22. The van der Waals surface area contributed by atoms with Crippen molar-refractivity contribution in [1.82, 2.24) is 0 Å². The number of anilines is 1. The maximum atomic E-state index is 12.2. The number of benzene rings is 2. The van der Waals surface area contributed by atoms with Gasteiger partial charge in [0.1, 0.15) is 0 Å². The summed E-state index contributed by atoms with van der Waals surface area (Å²) in [5, 5.41) is 2.86. The van der Waals surface area contributed by atoms with Gasteiger partial charge >= 0.3 is 0 Å². The lowest BCUT2D eigenvalue weighted by atomic mass is 9.97. The Morgan fingerprint density at radius 3 is 1.60 bits per heavy atom. The van der Waals surface area contributed by atoms with Crippen LogP contribution in [0.1, 0.15) is 63.0 Å². The molecule has 2 aromatic rings. The second-order valence-corrected chi connectivity index (χ2v) is 4.37. The third-order valence-corrected chi connectivity index (χ3v) is 3.22. The third kappa shape index (κ3) is 5.11. The monoisotopic (exact) mass is 341 g/mol. The van der Waals surface area contributed by atoms with Gasteiger partial charge in [-0.3, -0.25) is 4.79 Å². The molecule has 0 atom stereocenters. The number of rotatable bonds is 0. The number of fused-ring (bicyclic) bond motifs is 2. The van der Waals surface area contributed by atoms with Crippen molar-refractivity contribution in [2.75, 3.05) is 5.32 Å². The Labute approximate surface area is 151 Å². The lowest BCUT2D eigenvalue weighted by Crippen LogP contribution is -2.21. The molecule has 4 nitrogen and oxygen atoms in total. The molecule has 1 amide bonds. The highest BCUT2D eigenvalue weighted by molar-refractivity contribution is 6.12. The van der Waals surface area contributed by atoms with Gasteiger partial charge < -0.3 is 16.8 Å². The molecule has 25 heavy (non-hydrogen) atoms. The van der Waals surface area contributed by atoms with E-state index in [1.54, 1.807) is 24.3 Å². The first-order chi connectivity index (χ1) is 12.2. The maximum Gasteiger partial charge on any atom is 0.256 e. The van der Waals surface area contributed by atoms with Crippen molar-refractivity contribution in [1.29, 1.82) is 0 Å². The minimum atomic E-state index is -0.182. The first-order valence-corrected chi connectivity index (χ1v) is 8.94. The van der Waals surface area contributed by atoms with Crippen molar-refractivity contribution in [3.63, 3.8) is 0 Å². The number of amides is 1. The van der Waals surface area contributed by atoms with Crippen LogP contribution in [0.15, 0.2) is 48.5 Å². The van der Waals surface area contributed by atoms with Crippen LogP contribution in [0.4, 0.5) is 5.69 Å². The average Bonchev–Trinajstić information content (AvgIpc) is 2.71. The van der Waals surface area contributed by atoms with Gasteiger partial charge in [-0.25, -0.2) is 0 Å². The summed E-state index contributed by atoms with van der Waals surface area (Å²) in [5.74, 6) is -0.182. The standard InChI is InChI=1S/C15H13N3O.3C2H6/c16-13-9-5-1-2-6-10(9)15(19)18-12-8-4-3-7-11(12)14(13)17;3*1-2/h1-8H,16-17H2,(H,18,19);3*1-2H3. The zero-order valence-corrected chi connectivity index (χ0v) is 16.2. The zero-order valence-electron chi connectivity index (χ0n) is 16.2. The van der Waals surface area contributed by atoms with Crippen molar-refractivity contribution >= 4 is 23.0 Å². The smallest absolute Gasteiger partial charge is 0.256 e. The second kappa shape index (κ2) is 11.7. The Hall–Kier alpha value is -2.75. The normalized spacial score (nSPS) is 14.2. The summed E-state index contributed by atoms with van der Waals surface area (Å²) in [6, 6.07) is 14.5. The number of hydrogen-bond donors (Lipinski definition) is 3. The van der Waals surface area contributed by atoms with E-state index in [0.717, 1.165) is 5.56 Å². The summed E-state index contributed by atoms with van der Waals surface area (Å²) in [4.78, 5) is 12.2. The van der Waals surface area contributed by atoms with Crippen molar-refractivity contribution in [3.8, 4) is 0 Å². The van der Waals surface area contributed by atoms with E-state index < -0.39 is 0 Å². The largest absolute Gasteiger partial charge is 0.397 e. The molecule has 4 heteroatoms. The number of nitrogens with two attached hydrogens (primary N) is 2. The Balaban J connectivity index is 0.000000871. The van der Waals surface area contributed by atoms with Crippen LogP contribution >= 0.6 is 0 Å². The Morgan fingerprint density at radius 2 is 1.04 bits per heavy atom. The molecule has 0 unspecified atom stereocenters. The lowest BCUT2D eigenvalue weighted by Gasteiger charge is -2.19. The highest BCUT2D eigenvalue weighted by atomic mass is 16.1. The minimum absolute atomic E-state index is 0.182. The van der Waals surface area contributed by atoms with E-state index in [9.17, 15) is 4.79 Å². The summed E-state index contributed by atoms with van der Waals surface area (Å²) >= 11 is 0. The number of hydrogen-bond acceptors (Lipinski definition) is 3. The Morgan fingerprint density at radius 1 is 0.640 bits per heavy atom. The summed E-state index contributed by atoms with van der Waals surface area (Å²) in [7, 11) is 0. The van der Waals surface area contributed by atoms with Crippen molar-refractivity contribution < 1.29 is 4.79 Å². The van der Waals surface area contributed by atoms with Crippen molar-refractivity contribution in [2.45, 2.75) is 41.5 Å². The fourth-order valence-electron chi connectivity index (χ4n) is 2.22. The molecule has 136 valence electrons. The SMILES string of the molecule is CC.CC.CC.N/C1=C(\N)c2ccccc2C(=O)Nc2ccccc21. The predicted molar refractivity (Wildman–Crippen MR) is 110 cm³/mol. The molecule has 5 N–H and O–H groups in total. The molecule has 0 aliphatic carbocycles. The van der Waals surface area contributed by atoms with Gasteiger partial charge in [0.2, 0.25) is 0 Å². The van der Waals surface area contributed by atoms with Crippen molar-refractivity contribution in [3.05, 3.63) is 65.2 Å². The molecular weight excluding hydrogens is 310 g/mol. The topological polar surface area (TPSA) is 81.1 Å². The quantitative estimate of drug-likeness (QED) is 0.625. The van der Waals surface area contributed by atoms with Crippen LogP contribution < -0.4 is 16.8 Å². The molecule has 0 radical (unpaired) electrons. The average molecular weight is 341 g/mol. The predicted octanol–water partition coefficient (Wildman–Crippen LogP) is 5.07. The zero-order chi connectivity index (χ0) is 19.4. The summed E-state index contributed by atoms with van der Waals surface area (Å²) in [6.45, 7) is 12.0. The number of para-hydroxylation sites is 1. The lowest BCUT2D eigenvalue weighted by molar-refractivity contribution is 0.102. The van der Waals surface area contributed by atoms with Gasteiger partial charge in [0.05, 0.1) is 17.1 Å². The molecule has 0 bridgehead atoms. The Kier molecular flexibility index (Phi) is 10.4. The van der Waals surface area contributed by atoms with E-state index in [0.29, 0.717) is 28.2 Å². The van der Waals surface area contributed by atoms with Gasteiger partial charge in [-0.2, -0.15) is 0 Å². The molecule has 0 saturated heterocycles. The molecular formula is C21H31N3O. The van der Waals surface area contributed by atoms with Crippen LogP contribution in [0.25, 0.3) is 11.4 Å². The first kappa shape index (κ1) is 22.2. The van der Waals surface area contributed by atoms with Gasteiger partial charge in [-0.05, 0) is 12.1 Å². The van der Waals surface area contributed by atoms with Crippen LogP contribution in [0.3, 0.4) is 0 Å². The van der Waals surface area contributed by atoms with Crippen LogP contribution in [0.2, 0.25) is 0 Å². The van der Waals surface area contributed by atoms with Gasteiger partial charge in [0.25, 0.3) is 5.91 Å². The molecule has 1 heterocycles. The number of nitrogens with one attached hydrogen (secondary N) is 1. The fraction of sp³-hybridized carbons (Fsp3) is 0.286. The summed E-state index contributed by atoms with van der Waals surface area (Å²) < 4.78 is 0. The highest BCUT2D eigenvalue weighted by Gasteiger charge is 2.20.